The normalized spacial score (nSPS) is 13.9. The van der Waals surface area contributed by atoms with Gasteiger partial charge in [-0.3, -0.25) is 19.3 Å². The molecule has 1 heterocycles. The van der Waals surface area contributed by atoms with E-state index in [0.29, 0.717) is 29.3 Å². The first-order valence-electron chi connectivity index (χ1n) is 9.88. The summed E-state index contributed by atoms with van der Waals surface area (Å²) in [7, 11) is 1.69. The molecule has 0 aromatic heterocycles. The molecule has 0 N–H and O–H groups in total. The minimum Gasteiger partial charge on any atom is -0.485 e. The molecule has 2 aromatic rings. The third kappa shape index (κ3) is 4.45. The van der Waals surface area contributed by atoms with Crippen molar-refractivity contribution in [2.45, 2.75) is 26.8 Å². The minimum absolute atomic E-state index is 0.135. The molecule has 7 heteroatoms. The van der Waals surface area contributed by atoms with E-state index in [2.05, 4.69) is 0 Å². The van der Waals surface area contributed by atoms with E-state index in [0.717, 1.165) is 5.56 Å². The molecule has 30 heavy (non-hydrogen) atoms. The molecule has 0 radical (unpaired) electrons. The number of rotatable bonds is 7. The molecular formula is C23H26N2O5. The van der Waals surface area contributed by atoms with Gasteiger partial charge in [-0.05, 0) is 56.7 Å². The van der Waals surface area contributed by atoms with Gasteiger partial charge in [-0.25, -0.2) is 0 Å². The molecule has 0 saturated heterocycles. The zero-order chi connectivity index (χ0) is 21.8. The van der Waals surface area contributed by atoms with E-state index in [1.54, 1.807) is 43.1 Å². The molecule has 1 unspecified atom stereocenters. The van der Waals surface area contributed by atoms with E-state index >= 15 is 0 Å². The predicted octanol–water partition coefficient (Wildman–Crippen LogP) is 2.85. The minimum atomic E-state index is -0.709. The van der Waals surface area contributed by atoms with Gasteiger partial charge in [0.2, 0.25) is 5.91 Å². The van der Waals surface area contributed by atoms with Crippen LogP contribution in [0.15, 0.2) is 42.5 Å². The lowest BCUT2D eigenvalue weighted by Gasteiger charge is -2.35. The van der Waals surface area contributed by atoms with Crippen LogP contribution in [0.1, 0.15) is 29.8 Å². The van der Waals surface area contributed by atoms with Crippen LogP contribution in [0.3, 0.4) is 0 Å². The van der Waals surface area contributed by atoms with Gasteiger partial charge in [-0.1, -0.05) is 12.1 Å². The Morgan fingerprint density at radius 1 is 1.23 bits per heavy atom. The van der Waals surface area contributed by atoms with Crippen molar-refractivity contribution < 1.29 is 23.9 Å². The summed E-state index contributed by atoms with van der Waals surface area (Å²) in [4.78, 5) is 40.8. The van der Waals surface area contributed by atoms with Crippen LogP contribution >= 0.6 is 0 Å². The van der Waals surface area contributed by atoms with E-state index in [4.69, 9.17) is 9.47 Å². The SMILES string of the molecule is CCN(C)C(=O)C(C)N1C(=O)COc2ccc(C(=O)COc3cccc(C)c3)cc21. The molecule has 0 spiro atoms. The van der Waals surface area contributed by atoms with Crippen molar-refractivity contribution in [2.75, 3.05) is 31.7 Å². The molecule has 3 rings (SSSR count). The van der Waals surface area contributed by atoms with Crippen molar-refractivity contribution >= 4 is 23.3 Å². The second-order valence-electron chi connectivity index (χ2n) is 7.29. The Morgan fingerprint density at radius 2 is 2.00 bits per heavy atom. The smallest absolute Gasteiger partial charge is 0.265 e. The average molecular weight is 410 g/mol. The largest absolute Gasteiger partial charge is 0.485 e. The number of hydrogen-bond acceptors (Lipinski definition) is 5. The zero-order valence-corrected chi connectivity index (χ0v) is 17.7. The number of benzene rings is 2. The molecule has 0 aliphatic carbocycles. The highest BCUT2D eigenvalue weighted by Gasteiger charge is 2.34. The lowest BCUT2D eigenvalue weighted by Crippen LogP contribution is -2.51. The maximum atomic E-state index is 12.7. The standard InChI is InChI=1S/C23H26N2O5/c1-5-24(4)23(28)16(3)25-19-12-17(9-10-21(19)30-14-22(25)27)20(26)13-29-18-8-6-7-15(2)11-18/h6-12,16H,5,13-14H2,1-4H3. The van der Waals surface area contributed by atoms with Crippen LogP contribution in [0, 0.1) is 6.92 Å². The zero-order valence-electron chi connectivity index (χ0n) is 17.7. The molecule has 0 saturated carbocycles. The third-order valence-electron chi connectivity index (χ3n) is 5.12. The van der Waals surface area contributed by atoms with Gasteiger partial charge in [0.15, 0.2) is 19.0 Å². The van der Waals surface area contributed by atoms with Crippen LogP contribution in [0.25, 0.3) is 0 Å². The first-order valence-corrected chi connectivity index (χ1v) is 9.88. The van der Waals surface area contributed by atoms with E-state index in [-0.39, 0.29) is 30.8 Å². The highest BCUT2D eigenvalue weighted by molar-refractivity contribution is 6.05. The molecule has 2 aromatic carbocycles. The number of fused-ring (bicyclic) bond motifs is 1. The number of nitrogens with zero attached hydrogens (tertiary/aromatic N) is 2. The summed E-state index contributed by atoms with van der Waals surface area (Å²) < 4.78 is 11.1. The quantitative estimate of drug-likeness (QED) is 0.656. The maximum absolute atomic E-state index is 12.7. The van der Waals surface area contributed by atoms with E-state index in [1.807, 2.05) is 32.0 Å². The lowest BCUT2D eigenvalue weighted by molar-refractivity contribution is -0.133. The number of likely N-dealkylation sites (N-methyl/N-ethyl adjacent to an activating group) is 1. The fraction of sp³-hybridized carbons (Fsp3) is 0.348. The number of aryl methyl sites for hydroxylation is 1. The third-order valence-corrected chi connectivity index (χ3v) is 5.12. The molecule has 158 valence electrons. The number of anilines is 1. The number of ketones is 1. The summed E-state index contributed by atoms with van der Waals surface area (Å²) in [5.41, 5.74) is 1.84. The molecule has 1 atom stereocenters. The van der Waals surface area contributed by atoms with Crippen LogP contribution < -0.4 is 14.4 Å². The van der Waals surface area contributed by atoms with Crippen LogP contribution in [0.5, 0.6) is 11.5 Å². The lowest BCUT2D eigenvalue weighted by atomic mass is 10.1. The summed E-state index contributed by atoms with van der Waals surface area (Å²) in [5.74, 6) is 0.335. The highest BCUT2D eigenvalue weighted by Crippen LogP contribution is 2.34. The van der Waals surface area contributed by atoms with Crippen molar-refractivity contribution in [3.8, 4) is 11.5 Å². The molecule has 0 bridgehead atoms. The number of Topliss-reactive ketones (excluding diaryl/α,β-unsaturated/α-hetero) is 1. The molecule has 0 fully saturated rings. The van der Waals surface area contributed by atoms with Crippen molar-refractivity contribution in [2.24, 2.45) is 0 Å². The molecule has 2 amide bonds. The second-order valence-corrected chi connectivity index (χ2v) is 7.29. The monoisotopic (exact) mass is 410 g/mol. The fourth-order valence-electron chi connectivity index (χ4n) is 3.29. The van der Waals surface area contributed by atoms with Gasteiger partial charge in [0.05, 0.1) is 5.69 Å². The number of hydrogen-bond donors (Lipinski definition) is 0. The molecule has 1 aliphatic heterocycles. The average Bonchev–Trinajstić information content (AvgIpc) is 2.75. The highest BCUT2D eigenvalue weighted by atomic mass is 16.5. The Balaban J connectivity index is 1.83. The van der Waals surface area contributed by atoms with Crippen LogP contribution in [0.2, 0.25) is 0 Å². The Hall–Kier alpha value is -3.35. The number of amides is 2. The molecular weight excluding hydrogens is 384 g/mol. The van der Waals surface area contributed by atoms with Crippen molar-refractivity contribution in [3.05, 3.63) is 53.6 Å². The van der Waals surface area contributed by atoms with Gasteiger partial charge in [0, 0.05) is 19.2 Å². The van der Waals surface area contributed by atoms with Gasteiger partial charge in [-0.2, -0.15) is 0 Å². The predicted molar refractivity (Wildman–Crippen MR) is 113 cm³/mol. The fourth-order valence-corrected chi connectivity index (χ4v) is 3.29. The van der Waals surface area contributed by atoms with Gasteiger partial charge in [-0.15, -0.1) is 0 Å². The Morgan fingerprint density at radius 3 is 2.70 bits per heavy atom. The van der Waals surface area contributed by atoms with Crippen LogP contribution in [-0.2, 0) is 9.59 Å². The first kappa shape index (κ1) is 21.4. The summed E-state index contributed by atoms with van der Waals surface area (Å²) in [6.07, 6.45) is 0. The Bertz CT molecular complexity index is 972. The van der Waals surface area contributed by atoms with Crippen molar-refractivity contribution in [1.82, 2.24) is 4.90 Å². The van der Waals surface area contributed by atoms with E-state index in [1.165, 1.54) is 4.90 Å². The number of carbonyl (C=O) groups excluding carboxylic acids is 3. The van der Waals surface area contributed by atoms with Crippen molar-refractivity contribution in [1.29, 1.82) is 0 Å². The van der Waals surface area contributed by atoms with Gasteiger partial charge in [0.1, 0.15) is 17.5 Å². The molecule has 1 aliphatic rings. The topological polar surface area (TPSA) is 76.2 Å². The summed E-state index contributed by atoms with van der Waals surface area (Å²) in [6, 6.07) is 11.6. The first-order chi connectivity index (χ1) is 14.3. The maximum Gasteiger partial charge on any atom is 0.265 e. The second kappa shape index (κ2) is 8.98. The molecule has 7 nitrogen and oxygen atoms in total. The van der Waals surface area contributed by atoms with Gasteiger partial charge in [0.25, 0.3) is 5.91 Å². The summed E-state index contributed by atoms with van der Waals surface area (Å²) in [6.45, 7) is 5.74. The number of ether oxygens (including phenoxy) is 2. The van der Waals surface area contributed by atoms with Gasteiger partial charge < -0.3 is 14.4 Å². The van der Waals surface area contributed by atoms with E-state index in [9.17, 15) is 14.4 Å². The Labute approximate surface area is 176 Å². The van der Waals surface area contributed by atoms with Crippen LogP contribution in [-0.4, -0.2) is 55.3 Å². The van der Waals surface area contributed by atoms with Crippen LogP contribution in [0.4, 0.5) is 5.69 Å². The van der Waals surface area contributed by atoms with Crippen molar-refractivity contribution in [3.63, 3.8) is 0 Å². The summed E-state index contributed by atoms with van der Waals surface area (Å²) >= 11 is 0. The Kier molecular flexibility index (Phi) is 6.40. The van der Waals surface area contributed by atoms with Gasteiger partial charge >= 0.3 is 0 Å². The summed E-state index contributed by atoms with van der Waals surface area (Å²) in [5, 5.41) is 0. The van der Waals surface area contributed by atoms with E-state index < -0.39 is 6.04 Å². The number of carbonyl (C=O) groups is 3.